The van der Waals surface area contributed by atoms with Crippen LogP contribution in [0, 0.1) is 0 Å². The van der Waals surface area contributed by atoms with Crippen molar-refractivity contribution in [3.05, 3.63) is 59.2 Å². The van der Waals surface area contributed by atoms with Gasteiger partial charge in [-0.25, -0.2) is 0 Å². The molecule has 9 heteroatoms. The molecular formula is C22H23F3N2O4. The Hall–Kier alpha value is -3.23. The lowest BCUT2D eigenvalue weighted by Crippen LogP contribution is -2.38. The lowest BCUT2D eigenvalue weighted by Gasteiger charge is -2.23. The highest BCUT2D eigenvalue weighted by molar-refractivity contribution is 5.97. The van der Waals surface area contributed by atoms with Crippen LogP contribution in [-0.2, 0) is 6.18 Å². The van der Waals surface area contributed by atoms with E-state index in [-0.39, 0.29) is 31.1 Å². The first kappa shape index (κ1) is 22.5. The van der Waals surface area contributed by atoms with Crippen molar-refractivity contribution in [1.29, 1.82) is 0 Å². The van der Waals surface area contributed by atoms with Gasteiger partial charge < -0.3 is 19.3 Å². The lowest BCUT2D eigenvalue weighted by atomic mass is 10.1. The third kappa shape index (κ3) is 5.10. The van der Waals surface area contributed by atoms with Gasteiger partial charge in [-0.3, -0.25) is 9.59 Å². The van der Waals surface area contributed by atoms with Crippen molar-refractivity contribution in [3.63, 3.8) is 0 Å². The van der Waals surface area contributed by atoms with Crippen molar-refractivity contribution in [3.8, 4) is 11.5 Å². The second-order valence-corrected chi connectivity index (χ2v) is 7.08. The van der Waals surface area contributed by atoms with Crippen molar-refractivity contribution in [2.45, 2.75) is 12.6 Å². The molecule has 0 N–H and O–H groups in total. The summed E-state index contributed by atoms with van der Waals surface area (Å²) in [5, 5.41) is 0. The van der Waals surface area contributed by atoms with Crippen LogP contribution in [0.25, 0.3) is 0 Å². The fourth-order valence-electron chi connectivity index (χ4n) is 3.52. The van der Waals surface area contributed by atoms with E-state index in [9.17, 15) is 22.8 Å². The Morgan fingerprint density at radius 3 is 1.94 bits per heavy atom. The molecule has 0 atom stereocenters. The number of methoxy groups -OCH3 is 2. The standard InChI is InChI=1S/C22H23F3N2O4/c1-30-16-12-15(13-17(14-16)31-2)20(28)26-8-5-9-27(11-10-26)21(29)18-6-3-4-7-19(18)22(23,24)25/h3-4,6-7,12-14H,5,8-11H2,1-2H3. The molecule has 2 amide bonds. The highest BCUT2D eigenvalue weighted by Gasteiger charge is 2.36. The predicted molar refractivity (Wildman–Crippen MR) is 107 cm³/mol. The molecule has 1 fully saturated rings. The van der Waals surface area contributed by atoms with Crippen LogP contribution in [-0.4, -0.2) is 62.0 Å². The number of rotatable bonds is 4. The molecule has 31 heavy (non-hydrogen) atoms. The van der Waals surface area contributed by atoms with E-state index < -0.39 is 17.6 Å². The summed E-state index contributed by atoms with van der Waals surface area (Å²) in [6, 6.07) is 9.59. The van der Waals surface area contributed by atoms with Crippen molar-refractivity contribution in [2.75, 3.05) is 40.4 Å². The van der Waals surface area contributed by atoms with E-state index in [0.29, 0.717) is 30.0 Å². The third-order valence-electron chi connectivity index (χ3n) is 5.13. The molecule has 1 aliphatic rings. The van der Waals surface area contributed by atoms with Gasteiger partial charge >= 0.3 is 6.18 Å². The first-order valence-corrected chi connectivity index (χ1v) is 9.72. The molecule has 6 nitrogen and oxygen atoms in total. The Morgan fingerprint density at radius 2 is 1.39 bits per heavy atom. The number of benzene rings is 2. The summed E-state index contributed by atoms with van der Waals surface area (Å²) in [6.45, 7) is 0.982. The maximum absolute atomic E-state index is 13.3. The summed E-state index contributed by atoms with van der Waals surface area (Å²) in [7, 11) is 2.97. The highest BCUT2D eigenvalue weighted by Crippen LogP contribution is 2.32. The van der Waals surface area contributed by atoms with Gasteiger partial charge in [0, 0.05) is 37.8 Å². The van der Waals surface area contributed by atoms with E-state index >= 15 is 0 Å². The molecule has 0 radical (unpaired) electrons. The molecule has 166 valence electrons. The third-order valence-corrected chi connectivity index (χ3v) is 5.13. The van der Waals surface area contributed by atoms with Crippen LogP contribution in [0.1, 0.15) is 32.7 Å². The zero-order chi connectivity index (χ0) is 22.6. The average molecular weight is 436 g/mol. The van der Waals surface area contributed by atoms with Crippen LogP contribution < -0.4 is 9.47 Å². The van der Waals surface area contributed by atoms with Crippen LogP contribution in [0.4, 0.5) is 13.2 Å². The van der Waals surface area contributed by atoms with E-state index in [2.05, 4.69) is 0 Å². The molecule has 0 bridgehead atoms. The van der Waals surface area contributed by atoms with Gasteiger partial charge in [-0.1, -0.05) is 12.1 Å². The molecule has 3 rings (SSSR count). The first-order chi connectivity index (χ1) is 14.7. The van der Waals surface area contributed by atoms with E-state index in [0.717, 1.165) is 6.07 Å². The topological polar surface area (TPSA) is 59.1 Å². The van der Waals surface area contributed by atoms with Gasteiger partial charge in [0.05, 0.1) is 25.3 Å². The molecular weight excluding hydrogens is 413 g/mol. The normalized spacial score (nSPS) is 14.7. The van der Waals surface area contributed by atoms with E-state index in [1.54, 1.807) is 23.1 Å². The van der Waals surface area contributed by atoms with Crippen LogP contribution in [0.3, 0.4) is 0 Å². The zero-order valence-electron chi connectivity index (χ0n) is 17.2. The van der Waals surface area contributed by atoms with E-state index in [1.165, 1.54) is 37.3 Å². The average Bonchev–Trinajstić information content (AvgIpc) is 3.03. The van der Waals surface area contributed by atoms with Gasteiger partial charge in [0.1, 0.15) is 11.5 Å². The summed E-state index contributed by atoms with van der Waals surface area (Å²) in [5.41, 5.74) is -0.966. The fraction of sp³-hybridized carbons (Fsp3) is 0.364. The second-order valence-electron chi connectivity index (χ2n) is 7.08. The van der Waals surface area contributed by atoms with Gasteiger partial charge in [0.15, 0.2) is 0 Å². The zero-order valence-corrected chi connectivity index (χ0v) is 17.2. The number of carbonyl (C=O) groups is 2. The molecule has 0 saturated carbocycles. The van der Waals surface area contributed by atoms with Crippen molar-refractivity contribution in [1.82, 2.24) is 9.80 Å². The Bertz CT molecular complexity index is 940. The molecule has 0 spiro atoms. The Labute approximate surface area is 178 Å². The minimum absolute atomic E-state index is 0.137. The Morgan fingerprint density at radius 1 is 0.839 bits per heavy atom. The van der Waals surface area contributed by atoms with Crippen LogP contribution in [0.15, 0.2) is 42.5 Å². The Kier molecular flexibility index (Phi) is 6.72. The Balaban J connectivity index is 1.76. The van der Waals surface area contributed by atoms with E-state index in [1.807, 2.05) is 0 Å². The SMILES string of the molecule is COc1cc(OC)cc(C(=O)N2CCCN(C(=O)c3ccccc3C(F)(F)F)CC2)c1. The number of carbonyl (C=O) groups excluding carboxylic acids is 2. The summed E-state index contributed by atoms with van der Waals surface area (Å²) >= 11 is 0. The van der Waals surface area contributed by atoms with Crippen molar-refractivity contribution >= 4 is 11.8 Å². The summed E-state index contributed by atoms with van der Waals surface area (Å²) in [4.78, 5) is 28.8. The predicted octanol–water partition coefficient (Wildman–Crippen LogP) is 3.71. The maximum Gasteiger partial charge on any atom is 0.417 e. The van der Waals surface area contributed by atoms with Crippen LogP contribution >= 0.6 is 0 Å². The lowest BCUT2D eigenvalue weighted by molar-refractivity contribution is -0.138. The molecule has 0 aromatic heterocycles. The minimum atomic E-state index is -4.62. The number of halogens is 3. The summed E-state index contributed by atoms with van der Waals surface area (Å²) < 4.78 is 50.3. The van der Waals surface area contributed by atoms with Crippen molar-refractivity contribution < 1.29 is 32.2 Å². The number of hydrogen-bond acceptors (Lipinski definition) is 4. The maximum atomic E-state index is 13.3. The summed E-state index contributed by atoms with van der Waals surface area (Å²) in [5.74, 6) is -0.0105. The molecule has 0 unspecified atom stereocenters. The molecule has 2 aromatic rings. The minimum Gasteiger partial charge on any atom is -0.497 e. The van der Waals surface area contributed by atoms with E-state index in [4.69, 9.17) is 9.47 Å². The number of hydrogen-bond donors (Lipinski definition) is 0. The van der Waals surface area contributed by atoms with Crippen LogP contribution in [0.5, 0.6) is 11.5 Å². The molecule has 1 saturated heterocycles. The number of nitrogens with zero attached hydrogens (tertiary/aromatic N) is 2. The summed E-state index contributed by atoms with van der Waals surface area (Å²) in [6.07, 6.45) is -4.17. The number of alkyl halides is 3. The van der Waals surface area contributed by atoms with Crippen molar-refractivity contribution in [2.24, 2.45) is 0 Å². The van der Waals surface area contributed by atoms with Gasteiger partial charge in [0.25, 0.3) is 11.8 Å². The molecule has 1 aliphatic heterocycles. The van der Waals surface area contributed by atoms with Gasteiger partial charge in [-0.05, 0) is 30.7 Å². The highest BCUT2D eigenvalue weighted by atomic mass is 19.4. The van der Waals surface area contributed by atoms with Gasteiger partial charge in [-0.2, -0.15) is 13.2 Å². The second kappa shape index (κ2) is 9.28. The number of ether oxygens (including phenoxy) is 2. The molecule has 1 heterocycles. The molecule has 2 aromatic carbocycles. The molecule has 0 aliphatic carbocycles. The monoisotopic (exact) mass is 436 g/mol. The fourth-order valence-corrected chi connectivity index (χ4v) is 3.52. The van der Waals surface area contributed by atoms with Gasteiger partial charge in [-0.15, -0.1) is 0 Å². The smallest absolute Gasteiger partial charge is 0.417 e. The number of amides is 2. The first-order valence-electron chi connectivity index (χ1n) is 9.72. The largest absolute Gasteiger partial charge is 0.497 e. The van der Waals surface area contributed by atoms with Crippen LogP contribution in [0.2, 0.25) is 0 Å². The van der Waals surface area contributed by atoms with Gasteiger partial charge in [0.2, 0.25) is 0 Å². The quantitative estimate of drug-likeness (QED) is 0.733.